The Morgan fingerprint density at radius 1 is 1.47 bits per heavy atom. The van der Waals surface area contributed by atoms with Crippen molar-refractivity contribution in [1.82, 2.24) is 10.6 Å². The van der Waals surface area contributed by atoms with Gasteiger partial charge in [0.25, 0.3) is 0 Å². The number of piperidine rings is 1. The molecular formula is C10H20N2O3. The van der Waals surface area contributed by atoms with Crippen LogP contribution in [0.4, 0.5) is 0 Å². The van der Waals surface area contributed by atoms with E-state index in [2.05, 4.69) is 10.6 Å². The fraction of sp³-hybridized carbons (Fsp3) is 0.900. The SMILES string of the molecule is COCCOCCNC1CCC(=O)NC1. The minimum Gasteiger partial charge on any atom is -0.382 e. The number of rotatable bonds is 7. The molecule has 1 aliphatic rings. The molecule has 5 nitrogen and oxygen atoms in total. The Bertz CT molecular complexity index is 178. The lowest BCUT2D eigenvalue weighted by Gasteiger charge is -2.23. The molecule has 0 aromatic heterocycles. The smallest absolute Gasteiger partial charge is 0.220 e. The first-order valence-electron chi connectivity index (χ1n) is 5.39. The van der Waals surface area contributed by atoms with E-state index in [1.54, 1.807) is 7.11 Å². The molecular weight excluding hydrogens is 196 g/mol. The number of methoxy groups -OCH3 is 1. The van der Waals surface area contributed by atoms with Gasteiger partial charge in [-0.25, -0.2) is 0 Å². The molecule has 5 heteroatoms. The van der Waals surface area contributed by atoms with Gasteiger partial charge < -0.3 is 20.1 Å². The van der Waals surface area contributed by atoms with Crippen LogP contribution in [0.15, 0.2) is 0 Å². The van der Waals surface area contributed by atoms with Gasteiger partial charge in [0.2, 0.25) is 5.91 Å². The zero-order valence-corrected chi connectivity index (χ0v) is 9.25. The van der Waals surface area contributed by atoms with Crippen molar-refractivity contribution in [3.63, 3.8) is 0 Å². The van der Waals surface area contributed by atoms with Crippen LogP contribution in [0.1, 0.15) is 12.8 Å². The van der Waals surface area contributed by atoms with E-state index >= 15 is 0 Å². The average molecular weight is 216 g/mol. The fourth-order valence-corrected chi connectivity index (χ4v) is 1.49. The van der Waals surface area contributed by atoms with Crippen LogP contribution in [-0.4, -0.2) is 52.0 Å². The van der Waals surface area contributed by atoms with Gasteiger partial charge in [-0.1, -0.05) is 0 Å². The predicted octanol–water partition coefficient (Wildman–Crippen LogP) is -0.482. The summed E-state index contributed by atoms with van der Waals surface area (Å²) < 4.78 is 10.2. The monoisotopic (exact) mass is 216 g/mol. The number of carbonyl (C=O) groups excluding carboxylic acids is 1. The summed E-state index contributed by atoms with van der Waals surface area (Å²) in [7, 11) is 1.66. The maximum Gasteiger partial charge on any atom is 0.220 e. The van der Waals surface area contributed by atoms with E-state index in [1.807, 2.05) is 0 Å². The van der Waals surface area contributed by atoms with Crippen molar-refractivity contribution in [2.45, 2.75) is 18.9 Å². The van der Waals surface area contributed by atoms with Crippen molar-refractivity contribution in [3.8, 4) is 0 Å². The van der Waals surface area contributed by atoms with Gasteiger partial charge in [0.1, 0.15) is 0 Å². The number of ether oxygens (including phenoxy) is 2. The van der Waals surface area contributed by atoms with Gasteiger partial charge in [-0.2, -0.15) is 0 Å². The molecule has 0 saturated carbocycles. The minimum atomic E-state index is 0.157. The largest absolute Gasteiger partial charge is 0.382 e. The zero-order chi connectivity index (χ0) is 10.9. The van der Waals surface area contributed by atoms with E-state index in [0.717, 1.165) is 19.5 Å². The van der Waals surface area contributed by atoms with E-state index < -0.39 is 0 Å². The third-order valence-electron chi connectivity index (χ3n) is 2.38. The zero-order valence-electron chi connectivity index (χ0n) is 9.25. The first-order valence-corrected chi connectivity index (χ1v) is 5.39. The topological polar surface area (TPSA) is 59.6 Å². The highest BCUT2D eigenvalue weighted by molar-refractivity contribution is 5.76. The van der Waals surface area contributed by atoms with E-state index in [4.69, 9.17) is 9.47 Å². The Kier molecular flexibility index (Phi) is 6.31. The van der Waals surface area contributed by atoms with Gasteiger partial charge >= 0.3 is 0 Å². The van der Waals surface area contributed by atoms with Gasteiger partial charge in [-0.3, -0.25) is 4.79 Å². The maximum atomic E-state index is 10.9. The van der Waals surface area contributed by atoms with Crippen LogP contribution in [0.3, 0.4) is 0 Å². The van der Waals surface area contributed by atoms with Crippen LogP contribution in [-0.2, 0) is 14.3 Å². The summed E-state index contributed by atoms with van der Waals surface area (Å²) in [5.41, 5.74) is 0. The third-order valence-corrected chi connectivity index (χ3v) is 2.38. The van der Waals surface area contributed by atoms with Crippen LogP contribution in [0.5, 0.6) is 0 Å². The Labute approximate surface area is 90.5 Å². The maximum absolute atomic E-state index is 10.9. The molecule has 2 N–H and O–H groups in total. The van der Waals surface area contributed by atoms with Crippen molar-refractivity contribution < 1.29 is 14.3 Å². The number of hydrogen-bond acceptors (Lipinski definition) is 4. The molecule has 0 aromatic rings. The number of carbonyl (C=O) groups is 1. The van der Waals surface area contributed by atoms with Crippen molar-refractivity contribution in [2.24, 2.45) is 0 Å². The van der Waals surface area contributed by atoms with Crippen LogP contribution in [0.25, 0.3) is 0 Å². The van der Waals surface area contributed by atoms with E-state index in [0.29, 0.717) is 32.3 Å². The molecule has 0 bridgehead atoms. The molecule has 1 saturated heterocycles. The summed E-state index contributed by atoms with van der Waals surface area (Å²) in [6.45, 7) is 3.52. The highest BCUT2D eigenvalue weighted by Gasteiger charge is 2.16. The summed E-state index contributed by atoms with van der Waals surface area (Å²) in [6, 6.07) is 0.397. The first-order chi connectivity index (χ1) is 7.33. The van der Waals surface area contributed by atoms with Crippen molar-refractivity contribution >= 4 is 5.91 Å². The summed E-state index contributed by atoms with van der Waals surface area (Å²) in [6.07, 6.45) is 1.55. The quantitative estimate of drug-likeness (QED) is 0.564. The lowest BCUT2D eigenvalue weighted by Crippen LogP contribution is -2.46. The molecule has 1 aliphatic heterocycles. The molecule has 15 heavy (non-hydrogen) atoms. The second-order valence-electron chi connectivity index (χ2n) is 3.60. The van der Waals surface area contributed by atoms with Gasteiger partial charge in [-0.15, -0.1) is 0 Å². The Balaban J connectivity index is 1.89. The standard InChI is InChI=1S/C10H20N2O3/c1-14-6-7-15-5-4-11-9-2-3-10(13)12-8-9/h9,11H,2-8H2,1H3,(H,12,13). The summed E-state index contributed by atoms with van der Waals surface area (Å²) in [5.74, 6) is 0.157. The van der Waals surface area contributed by atoms with E-state index in [1.165, 1.54) is 0 Å². The van der Waals surface area contributed by atoms with Crippen LogP contribution in [0, 0.1) is 0 Å². The lowest BCUT2D eigenvalue weighted by atomic mass is 10.1. The molecule has 0 radical (unpaired) electrons. The molecule has 0 spiro atoms. The fourth-order valence-electron chi connectivity index (χ4n) is 1.49. The highest BCUT2D eigenvalue weighted by atomic mass is 16.5. The Morgan fingerprint density at radius 3 is 3.00 bits per heavy atom. The summed E-state index contributed by atoms with van der Waals surface area (Å²) >= 11 is 0. The molecule has 1 heterocycles. The van der Waals surface area contributed by atoms with Crippen molar-refractivity contribution in [2.75, 3.05) is 40.0 Å². The third kappa shape index (κ3) is 5.71. The predicted molar refractivity (Wildman–Crippen MR) is 56.7 cm³/mol. The number of hydrogen-bond donors (Lipinski definition) is 2. The number of nitrogens with one attached hydrogen (secondary N) is 2. The molecule has 0 aromatic carbocycles. The second kappa shape index (κ2) is 7.62. The lowest BCUT2D eigenvalue weighted by molar-refractivity contribution is -0.122. The van der Waals surface area contributed by atoms with Crippen molar-refractivity contribution in [1.29, 1.82) is 0 Å². The van der Waals surface area contributed by atoms with Gasteiger partial charge in [0.15, 0.2) is 0 Å². The summed E-state index contributed by atoms with van der Waals surface area (Å²) in [4.78, 5) is 10.9. The summed E-state index contributed by atoms with van der Waals surface area (Å²) in [5, 5.41) is 6.17. The second-order valence-corrected chi connectivity index (χ2v) is 3.60. The normalized spacial score (nSPS) is 21.4. The highest BCUT2D eigenvalue weighted by Crippen LogP contribution is 2.01. The van der Waals surface area contributed by atoms with Gasteiger partial charge in [0.05, 0.1) is 19.8 Å². The van der Waals surface area contributed by atoms with Crippen LogP contribution < -0.4 is 10.6 Å². The van der Waals surface area contributed by atoms with Gasteiger partial charge in [0, 0.05) is 32.7 Å². The van der Waals surface area contributed by atoms with Crippen LogP contribution >= 0.6 is 0 Å². The number of amides is 1. The van der Waals surface area contributed by atoms with Crippen molar-refractivity contribution in [3.05, 3.63) is 0 Å². The van der Waals surface area contributed by atoms with Crippen LogP contribution in [0.2, 0.25) is 0 Å². The molecule has 1 atom stereocenters. The molecule has 1 rings (SSSR count). The first kappa shape index (κ1) is 12.4. The average Bonchev–Trinajstić information content (AvgIpc) is 2.26. The Morgan fingerprint density at radius 2 is 2.33 bits per heavy atom. The van der Waals surface area contributed by atoms with E-state index in [-0.39, 0.29) is 5.91 Å². The molecule has 1 unspecified atom stereocenters. The Hall–Kier alpha value is -0.650. The molecule has 88 valence electrons. The van der Waals surface area contributed by atoms with Gasteiger partial charge in [-0.05, 0) is 6.42 Å². The minimum absolute atomic E-state index is 0.157. The van der Waals surface area contributed by atoms with E-state index in [9.17, 15) is 4.79 Å². The molecule has 1 fully saturated rings. The molecule has 0 aliphatic carbocycles. The molecule has 1 amide bonds.